The van der Waals surface area contributed by atoms with Crippen LogP contribution in [-0.2, 0) is 0 Å². The summed E-state index contributed by atoms with van der Waals surface area (Å²) in [6, 6.07) is 3.15. The van der Waals surface area contributed by atoms with Crippen molar-refractivity contribution in [2.24, 2.45) is 5.73 Å². The van der Waals surface area contributed by atoms with Crippen LogP contribution in [0, 0.1) is 5.41 Å². The summed E-state index contributed by atoms with van der Waals surface area (Å²) < 4.78 is 5.59. The molecule has 0 heterocycles. The largest absolute Gasteiger partial charge is 0.504 e. The van der Waals surface area contributed by atoms with Gasteiger partial charge in [0.2, 0.25) is 0 Å². The Morgan fingerprint density at radius 3 is 2.69 bits per heavy atom. The molecule has 1 aromatic rings. The average Bonchev–Trinajstić information content (AvgIpc) is 2.08. The smallest absolute Gasteiger partial charge is 0.168 e. The van der Waals surface area contributed by atoms with Gasteiger partial charge in [0.05, 0.1) is 12.7 Å². The van der Waals surface area contributed by atoms with Crippen molar-refractivity contribution < 1.29 is 9.84 Å². The Morgan fingerprint density at radius 1 is 1.62 bits per heavy atom. The fraction of sp³-hybridized carbons (Fsp3) is 0.125. The summed E-state index contributed by atoms with van der Waals surface area (Å²) in [7, 11) is 1.44. The molecular weight excluding hydrogens is 236 g/mol. The van der Waals surface area contributed by atoms with Gasteiger partial charge in [-0.15, -0.1) is 0 Å². The molecule has 0 aromatic heterocycles. The van der Waals surface area contributed by atoms with E-state index in [1.165, 1.54) is 7.11 Å². The van der Waals surface area contributed by atoms with Crippen molar-refractivity contribution in [3.8, 4) is 11.5 Å². The fourth-order valence-corrected chi connectivity index (χ4v) is 1.37. The van der Waals surface area contributed by atoms with E-state index in [0.29, 0.717) is 10.2 Å². The van der Waals surface area contributed by atoms with Crippen molar-refractivity contribution in [1.82, 2.24) is 0 Å². The zero-order valence-corrected chi connectivity index (χ0v) is 8.55. The van der Waals surface area contributed by atoms with E-state index in [0.717, 1.165) is 0 Å². The second kappa shape index (κ2) is 3.66. The third kappa shape index (κ3) is 1.92. The highest BCUT2D eigenvalue weighted by Crippen LogP contribution is 2.32. The summed E-state index contributed by atoms with van der Waals surface area (Å²) in [4.78, 5) is 0. The maximum Gasteiger partial charge on any atom is 0.168 e. The molecule has 0 aliphatic carbocycles. The molecular formula is C8H9BrN2O2. The van der Waals surface area contributed by atoms with Crippen LogP contribution in [0.2, 0.25) is 0 Å². The molecule has 0 unspecified atom stereocenters. The highest BCUT2D eigenvalue weighted by atomic mass is 79.9. The van der Waals surface area contributed by atoms with Gasteiger partial charge in [-0.05, 0) is 12.1 Å². The quantitative estimate of drug-likeness (QED) is 0.545. The third-order valence-electron chi connectivity index (χ3n) is 1.55. The standard InChI is InChI=1S/C8H9BrN2O2/c1-13-6-3-4(9)2-5(7(6)12)8(10)11/h2-3,12H,1H3,(H3,10,11). The molecule has 1 aromatic carbocycles. The fourth-order valence-electron chi connectivity index (χ4n) is 0.935. The summed E-state index contributed by atoms with van der Waals surface area (Å²) in [5.74, 6) is -0.0186. The van der Waals surface area contributed by atoms with Crippen molar-refractivity contribution in [1.29, 1.82) is 5.41 Å². The first-order valence-corrected chi connectivity index (χ1v) is 4.26. The number of ether oxygens (including phenoxy) is 1. The van der Waals surface area contributed by atoms with Gasteiger partial charge in [0.25, 0.3) is 0 Å². The van der Waals surface area contributed by atoms with Crippen LogP contribution in [0.3, 0.4) is 0 Å². The van der Waals surface area contributed by atoms with Gasteiger partial charge in [0.15, 0.2) is 11.5 Å². The Hall–Kier alpha value is -1.23. The SMILES string of the molecule is COc1cc(Br)cc(C(=N)N)c1O. The number of nitrogens with two attached hydrogens (primary N) is 1. The van der Waals surface area contributed by atoms with E-state index in [1.54, 1.807) is 12.1 Å². The number of halogens is 1. The number of benzene rings is 1. The summed E-state index contributed by atoms with van der Waals surface area (Å²) in [6.45, 7) is 0. The molecule has 0 aliphatic rings. The van der Waals surface area contributed by atoms with E-state index in [4.69, 9.17) is 15.9 Å². The molecule has 1 rings (SSSR count). The van der Waals surface area contributed by atoms with Crippen LogP contribution in [0.25, 0.3) is 0 Å². The molecule has 0 saturated carbocycles. The predicted molar refractivity (Wildman–Crippen MR) is 53.4 cm³/mol. The Labute approximate surface area is 84.0 Å². The minimum Gasteiger partial charge on any atom is -0.504 e. The van der Waals surface area contributed by atoms with Crippen LogP contribution in [0.1, 0.15) is 5.56 Å². The van der Waals surface area contributed by atoms with Crippen LogP contribution in [-0.4, -0.2) is 18.1 Å². The molecule has 0 radical (unpaired) electrons. The second-order valence-electron chi connectivity index (χ2n) is 2.42. The lowest BCUT2D eigenvalue weighted by Gasteiger charge is -2.08. The van der Waals surface area contributed by atoms with Crippen LogP contribution in [0.4, 0.5) is 0 Å². The summed E-state index contributed by atoms with van der Waals surface area (Å²) in [5, 5.41) is 16.7. The average molecular weight is 245 g/mol. The molecule has 0 fully saturated rings. The van der Waals surface area contributed by atoms with E-state index >= 15 is 0 Å². The van der Waals surface area contributed by atoms with Crippen molar-refractivity contribution >= 4 is 21.8 Å². The zero-order valence-electron chi connectivity index (χ0n) is 6.97. The molecule has 0 aliphatic heterocycles. The van der Waals surface area contributed by atoms with Gasteiger partial charge in [0.1, 0.15) is 5.84 Å². The Balaban J connectivity index is 3.35. The van der Waals surface area contributed by atoms with E-state index in [-0.39, 0.29) is 17.1 Å². The number of hydrogen-bond acceptors (Lipinski definition) is 3. The van der Waals surface area contributed by atoms with Crippen molar-refractivity contribution in [3.05, 3.63) is 22.2 Å². The number of nitrogens with one attached hydrogen (secondary N) is 1. The molecule has 0 saturated heterocycles. The number of phenols is 1. The summed E-state index contributed by atoms with van der Waals surface area (Å²) in [5.41, 5.74) is 5.51. The van der Waals surface area contributed by atoms with Gasteiger partial charge in [-0.3, -0.25) is 5.41 Å². The normalized spacial score (nSPS) is 9.69. The number of hydrogen-bond donors (Lipinski definition) is 3. The van der Waals surface area contributed by atoms with Gasteiger partial charge in [0, 0.05) is 4.47 Å². The van der Waals surface area contributed by atoms with Crippen molar-refractivity contribution in [2.75, 3.05) is 7.11 Å². The molecule has 13 heavy (non-hydrogen) atoms. The molecule has 0 amide bonds. The molecule has 0 bridgehead atoms. The van der Waals surface area contributed by atoms with Crippen molar-refractivity contribution in [3.63, 3.8) is 0 Å². The minimum atomic E-state index is -0.197. The number of phenolic OH excluding ortho intramolecular Hbond substituents is 1. The number of rotatable bonds is 2. The summed E-state index contributed by atoms with van der Waals surface area (Å²) in [6.07, 6.45) is 0. The van der Waals surface area contributed by atoms with Gasteiger partial charge in [-0.1, -0.05) is 15.9 Å². The highest BCUT2D eigenvalue weighted by molar-refractivity contribution is 9.10. The maximum absolute atomic E-state index is 9.52. The van der Waals surface area contributed by atoms with Gasteiger partial charge >= 0.3 is 0 Å². The monoisotopic (exact) mass is 244 g/mol. The molecule has 4 N–H and O–H groups in total. The highest BCUT2D eigenvalue weighted by Gasteiger charge is 2.11. The van der Waals surface area contributed by atoms with E-state index < -0.39 is 0 Å². The van der Waals surface area contributed by atoms with E-state index in [2.05, 4.69) is 15.9 Å². The van der Waals surface area contributed by atoms with Gasteiger partial charge in [-0.2, -0.15) is 0 Å². The molecule has 0 atom stereocenters. The van der Waals surface area contributed by atoms with Gasteiger partial charge < -0.3 is 15.6 Å². The van der Waals surface area contributed by atoms with Crippen LogP contribution < -0.4 is 10.5 Å². The molecule has 0 spiro atoms. The topological polar surface area (TPSA) is 79.3 Å². The van der Waals surface area contributed by atoms with Crippen LogP contribution in [0.5, 0.6) is 11.5 Å². The lowest BCUT2D eigenvalue weighted by molar-refractivity contribution is 0.372. The third-order valence-corrected chi connectivity index (χ3v) is 2.01. The molecule has 4 nitrogen and oxygen atoms in total. The van der Waals surface area contributed by atoms with Crippen molar-refractivity contribution in [2.45, 2.75) is 0 Å². The van der Waals surface area contributed by atoms with E-state index in [1.807, 2.05) is 0 Å². The van der Waals surface area contributed by atoms with E-state index in [9.17, 15) is 5.11 Å². The summed E-state index contributed by atoms with van der Waals surface area (Å²) >= 11 is 3.21. The Bertz CT molecular complexity index is 352. The van der Waals surface area contributed by atoms with Crippen LogP contribution >= 0.6 is 15.9 Å². The zero-order chi connectivity index (χ0) is 10.0. The number of methoxy groups -OCH3 is 1. The predicted octanol–water partition coefficient (Wildman–Crippen LogP) is 1.45. The number of aromatic hydroxyl groups is 1. The Morgan fingerprint density at radius 2 is 2.23 bits per heavy atom. The Kier molecular flexibility index (Phi) is 2.77. The van der Waals surface area contributed by atoms with Gasteiger partial charge in [-0.25, -0.2) is 0 Å². The lowest BCUT2D eigenvalue weighted by atomic mass is 10.1. The number of nitrogen functional groups attached to an aromatic ring is 1. The lowest BCUT2D eigenvalue weighted by Crippen LogP contribution is -2.11. The first-order valence-electron chi connectivity index (χ1n) is 3.47. The molecule has 70 valence electrons. The van der Waals surface area contributed by atoms with Crippen LogP contribution in [0.15, 0.2) is 16.6 Å². The first kappa shape index (κ1) is 9.85. The first-order chi connectivity index (χ1) is 6.06. The maximum atomic E-state index is 9.52. The number of amidine groups is 1. The molecule has 5 heteroatoms. The second-order valence-corrected chi connectivity index (χ2v) is 3.33. The minimum absolute atomic E-state index is 0.113.